The molecule has 1 aliphatic carbocycles. The zero-order valence-corrected chi connectivity index (χ0v) is 15.4. The Kier molecular flexibility index (Phi) is 3.53. The summed E-state index contributed by atoms with van der Waals surface area (Å²) in [5.74, 6) is -0.213. The third-order valence-electron chi connectivity index (χ3n) is 4.91. The van der Waals surface area contributed by atoms with E-state index < -0.39 is 0 Å². The van der Waals surface area contributed by atoms with Crippen LogP contribution in [0.25, 0.3) is 10.9 Å². The van der Waals surface area contributed by atoms with Gasteiger partial charge in [-0.15, -0.1) is 5.10 Å². The van der Waals surface area contributed by atoms with Crippen molar-refractivity contribution >= 4 is 49.9 Å². The van der Waals surface area contributed by atoms with E-state index in [0.717, 1.165) is 51.9 Å². The van der Waals surface area contributed by atoms with Crippen molar-refractivity contribution in [2.45, 2.75) is 19.3 Å². The number of para-hydroxylation sites is 1. The summed E-state index contributed by atoms with van der Waals surface area (Å²) in [5.41, 5.74) is 6.28. The first-order chi connectivity index (χ1) is 12.7. The molecule has 0 saturated heterocycles. The molecule has 0 spiro atoms. The lowest BCUT2D eigenvalue weighted by Gasteiger charge is -2.12. The molecule has 5 nitrogen and oxygen atoms in total. The molecule has 2 heterocycles. The van der Waals surface area contributed by atoms with Gasteiger partial charge >= 0.3 is 0 Å². The first kappa shape index (κ1) is 15.5. The second-order valence-corrected chi connectivity index (χ2v) is 7.43. The van der Waals surface area contributed by atoms with Gasteiger partial charge in [-0.25, -0.2) is 0 Å². The maximum atomic E-state index is 12.3. The molecule has 26 heavy (non-hydrogen) atoms. The van der Waals surface area contributed by atoms with Crippen LogP contribution in [0.1, 0.15) is 29.7 Å². The molecular formula is C20H15BrN4O. The van der Waals surface area contributed by atoms with Gasteiger partial charge in [0.05, 0.1) is 17.1 Å². The molecule has 2 aliphatic rings. The molecule has 2 aromatic carbocycles. The normalized spacial score (nSPS) is 19.0. The third-order valence-corrected chi connectivity index (χ3v) is 5.41. The Morgan fingerprint density at radius 2 is 1.92 bits per heavy atom. The molecule has 0 radical (unpaired) electrons. The number of carbonyl (C=O) groups is 1. The summed E-state index contributed by atoms with van der Waals surface area (Å²) in [5, 5.41) is 12.9. The number of hydrogen-bond donors (Lipinski definition) is 2. The predicted molar refractivity (Wildman–Crippen MR) is 107 cm³/mol. The minimum Gasteiger partial charge on any atom is -0.353 e. The molecular weight excluding hydrogens is 392 g/mol. The summed E-state index contributed by atoms with van der Waals surface area (Å²) in [6.07, 6.45) is 2.92. The van der Waals surface area contributed by atoms with E-state index in [-0.39, 0.29) is 5.91 Å². The van der Waals surface area contributed by atoms with Gasteiger partial charge in [-0.1, -0.05) is 34.1 Å². The summed E-state index contributed by atoms with van der Waals surface area (Å²) in [6, 6.07) is 13.9. The van der Waals surface area contributed by atoms with Crippen LogP contribution < -0.4 is 5.32 Å². The van der Waals surface area contributed by atoms with Crippen molar-refractivity contribution in [3.05, 3.63) is 63.8 Å². The fourth-order valence-electron chi connectivity index (χ4n) is 3.70. The van der Waals surface area contributed by atoms with Crippen LogP contribution in [0.15, 0.2) is 57.1 Å². The van der Waals surface area contributed by atoms with Gasteiger partial charge in [0, 0.05) is 20.9 Å². The monoisotopic (exact) mass is 406 g/mol. The van der Waals surface area contributed by atoms with Crippen molar-refractivity contribution in [2.24, 2.45) is 10.2 Å². The molecule has 1 aliphatic heterocycles. The second kappa shape index (κ2) is 5.92. The van der Waals surface area contributed by atoms with Gasteiger partial charge in [0.2, 0.25) is 0 Å². The van der Waals surface area contributed by atoms with Gasteiger partial charge in [0.25, 0.3) is 5.91 Å². The first-order valence-electron chi connectivity index (χ1n) is 8.56. The Morgan fingerprint density at radius 3 is 2.85 bits per heavy atom. The van der Waals surface area contributed by atoms with E-state index in [1.807, 2.05) is 24.3 Å². The summed E-state index contributed by atoms with van der Waals surface area (Å²) in [6.45, 7) is 0. The highest BCUT2D eigenvalue weighted by Crippen LogP contribution is 2.30. The molecule has 0 fully saturated rings. The molecule has 1 aromatic heterocycles. The molecule has 0 saturated carbocycles. The summed E-state index contributed by atoms with van der Waals surface area (Å²) < 4.78 is 0.906. The Hall–Kier alpha value is -2.73. The van der Waals surface area contributed by atoms with Crippen LogP contribution in [0, 0.1) is 0 Å². The van der Waals surface area contributed by atoms with Gasteiger partial charge in [0.15, 0.2) is 5.71 Å². The molecule has 2 N–H and O–H groups in total. The SMILES string of the molecule is O=C1Nc2ccc(Br)cc2/C1=N\N=C1\CCCc2c1[nH]c1ccccc21. The number of rotatable bonds is 1. The second-order valence-electron chi connectivity index (χ2n) is 6.52. The fraction of sp³-hybridized carbons (Fsp3) is 0.150. The lowest BCUT2D eigenvalue weighted by atomic mass is 9.94. The van der Waals surface area contributed by atoms with Crippen LogP contribution in [-0.2, 0) is 11.2 Å². The lowest BCUT2D eigenvalue weighted by Crippen LogP contribution is -2.15. The number of aryl methyl sites for hydroxylation is 1. The third kappa shape index (κ3) is 2.41. The average molecular weight is 407 g/mol. The number of aromatic nitrogens is 1. The number of hydrogen-bond acceptors (Lipinski definition) is 3. The number of halogens is 1. The maximum Gasteiger partial charge on any atom is 0.276 e. The maximum absolute atomic E-state index is 12.3. The van der Waals surface area contributed by atoms with E-state index in [1.54, 1.807) is 0 Å². The number of nitrogens with one attached hydrogen (secondary N) is 2. The predicted octanol–water partition coefficient (Wildman–Crippen LogP) is 4.41. The van der Waals surface area contributed by atoms with E-state index >= 15 is 0 Å². The van der Waals surface area contributed by atoms with Crippen LogP contribution in [0.2, 0.25) is 0 Å². The zero-order valence-electron chi connectivity index (χ0n) is 13.8. The van der Waals surface area contributed by atoms with Crippen molar-refractivity contribution in [3.63, 3.8) is 0 Å². The van der Waals surface area contributed by atoms with Crippen molar-refractivity contribution < 1.29 is 4.79 Å². The average Bonchev–Trinajstić information content (AvgIpc) is 3.17. The minimum absolute atomic E-state index is 0.213. The van der Waals surface area contributed by atoms with Crippen LogP contribution in [0.4, 0.5) is 5.69 Å². The van der Waals surface area contributed by atoms with E-state index in [0.29, 0.717) is 5.71 Å². The molecule has 6 heteroatoms. The number of H-pyrrole nitrogens is 1. The van der Waals surface area contributed by atoms with Gasteiger partial charge < -0.3 is 10.3 Å². The summed E-state index contributed by atoms with van der Waals surface area (Å²) >= 11 is 3.45. The zero-order chi connectivity index (χ0) is 17.7. The fourth-order valence-corrected chi connectivity index (χ4v) is 4.06. The Bertz CT molecular complexity index is 1130. The van der Waals surface area contributed by atoms with Gasteiger partial charge in [0.1, 0.15) is 0 Å². The van der Waals surface area contributed by atoms with E-state index in [1.165, 1.54) is 10.9 Å². The van der Waals surface area contributed by atoms with Crippen molar-refractivity contribution in [2.75, 3.05) is 5.32 Å². The highest BCUT2D eigenvalue weighted by molar-refractivity contribution is 9.10. The highest BCUT2D eigenvalue weighted by atomic mass is 79.9. The Labute approximate surface area is 158 Å². The van der Waals surface area contributed by atoms with Crippen molar-refractivity contribution in [1.82, 2.24) is 4.98 Å². The van der Waals surface area contributed by atoms with Gasteiger partial charge in [-0.3, -0.25) is 4.79 Å². The summed E-state index contributed by atoms with van der Waals surface area (Å²) in [7, 11) is 0. The standard InChI is InChI=1S/C20H15BrN4O/c21-11-8-9-16-14(10-11)19(20(26)23-16)25-24-17-7-3-5-13-12-4-1-2-6-15(12)22-18(13)17/h1-2,4,6,8-10,22H,3,5,7H2,(H,23,25,26)/b24-17-. The van der Waals surface area contributed by atoms with Crippen LogP contribution in [-0.4, -0.2) is 22.3 Å². The van der Waals surface area contributed by atoms with E-state index in [2.05, 4.69) is 54.6 Å². The minimum atomic E-state index is -0.213. The van der Waals surface area contributed by atoms with Crippen molar-refractivity contribution in [1.29, 1.82) is 0 Å². The van der Waals surface area contributed by atoms with Crippen LogP contribution in [0.5, 0.6) is 0 Å². The molecule has 0 unspecified atom stereocenters. The molecule has 0 atom stereocenters. The molecule has 3 aromatic rings. The van der Waals surface area contributed by atoms with E-state index in [9.17, 15) is 4.79 Å². The highest BCUT2D eigenvalue weighted by Gasteiger charge is 2.27. The molecule has 5 rings (SSSR count). The Morgan fingerprint density at radius 1 is 1.04 bits per heavy atom. The Balaban J connectivity index is 1.60. The van der Waals surface area contributed by atoms with Gasteiger partial charge in [-0.05, 0) is 49.1 Å². The largest absolute Gasteiger partial charge is 0.353 e. The van der Waals surface area contributed by atoms with E-state index in [4.69, 9.17) is 0 Å². The smallest absolute Gasteiger partial charge is 0.276 e. The number of benzene rings is 2. The quantitative estimate of drug-likeness (QED) is 0.577. The first-order valence-corrected chi connectivity index (χ1v) is 9.36. The number of carbonyl (C=O) groups excluding carboxylic acids is 1. The number of nitrogens with zero attached hydrogens (tertiary/aromatic N) is 2. The summed E-state index contributed by atoms with van der Waals surface area (Å²) in [4.78, 5) is 15.7. The molecule has 0 bridgehead atoms. The lowest BCUT2D eigenvalue weighted by molar-refractivity contribution is -0.110. The molecule has 1 amide bonds. The number of aromatic amines is 1. The number of anilines is 1. The van der Waals surface area contributed by atoms with Gasteiger partial charge in [-0.2, -0.15) is 5.10 Å². The molecule has 128 valence electrons. The number of amides is 1. The van der Waals surface area contributed by atoms with Crippen LogP contribution in [0.3, 0.4) is 0 Å². The van der Waals surface area contributed by atoms with Crippen molar-refractivity contribution in [3.8, 4) is 0 Å². The topological polar surface area (TPSA) is 69.6 Å². The van der Waals surface area contributed by atoms with Crippen LogP contribution >= 0.6 is 15.9 Å². The number of fused-ring (bicyclic) bond motifs is 4.